The first-order valence-electron chi connectivity index (χ1n) is 11.8. The fourth-order valence-electron chi connectivity index (χ4n) is 4.35. The third kappa shape index (κ3) is 5.81. The Labute approximate surface area is 204 Å². The predicted molar refractivity (Wildman–Crippen MR) is 131 cm³/mol. The molecule has 0 aromatic heterocycles. The SMILES string of the molecule is O=C(Cc1ccc(-c2ccccc2)cc1)OCC(=O)N1CCN(Cc2ccc3c(c2)OCO3)CC1. The Balaban J connectivity index is 1.04. The average molecular weight is 473 g/mol. The number of hydrogen-bond acceptors (Lipinski definition) is 6. The van der Waals surface area contributed by atoms with Crippen LogP contribution in [0.5, 0.6) is 11.5 Å². The van der Waals surface area contributed by atoms with E-state index in [0.29, 0.717) is 13.1 Å². The third-order valence-electron chi connectivity index (χ3n) is 6.33. The largest absolute Gasteiger partial charge is 0.455 e. The van der Waals surface area contributed by atoms with Gasteiger partial charge in [0, 0.05) is 32.7 Å². The van der Waals surface area contributed by atoms with E-state index in [0.717, 1.165) is 53.4 Å². The second kappa shape index (κ2) is 10.6. The molecule has 7 heteroatoms. The Morgan fingerprint density at radius 3 is 2.23 bits per heavy atom. The zero-order valence-corrected chi connectivity index (χ0v) is 19.5. The van der Waals surface area contributed by atoms with Gasteiger partial charge in [-0.05, 0) is 34.4 Å². The Bertz CT molecular complexity index is 1170. The van der Waals surface area contributed by atoms with Gasteiger partial charge in [0.25, 0.3) is 5.91 Å². The highest BCUT2D eigenvalue weighted by atomic mass is 16.7. The van der Waals surface area contributed by atoms with Crippen LogP contribution in [-0.4, -0.2) is 61.3 Å². The molecule has 0 unspecified atom stereocenters. The van der Waals surface area contributed by atoms with E-state index in [-0.39, 0.29) is 25.7 Å². The molecule has 2 aliphatic rings. The topological polar surface area (TPSA) is 68.3 Å². The van der Waals surface area contributed by atoms with Crippen molar-refractivity contribution in [3.63, 3.8) is 0 Å². The van der Waals surface area contributed by atoms with E-state index in [1.54, 1.807) is 4.90 Å². The maximum Gasteiger partial charge on any atom is 0.310 e. The molecule has 3 aromatic rings. The Morgan fingerprint density at radius 2 is 1.46 bits per heavy atom. The first-order valence-corrected chi connectivity index (χ1v) is 11.8. The molecule has 1 fully saturated rings. The third-order valence-corrected chi connectivity index (χ3v) is 6.33. The minimum Gasteiger partial charge on any atom is -0.455 e. The molecular weight excluding hydrogens is 444 g/mol. The molecule has 180 valence electrons. The number of nitrogens with zero attached hydrogens (tertiary/aromatic N) is 2. The lowest BCUT2D eigenvalue weighted by atomic mass is 10.0. The van der Waals surface area contributed by atoms with Gasteiger partial charge in [0.1, 0.15) is 0 Å². The van der Waals surface area contributed by atoms with E-state index in [4.69, 9.17) is 14.2 Å². The van der Waals surface area contributed by atoms with Gasteiger partial charge in [-0.2, -0.15) is 0 Å². The van der Waals surface area contributed by atoms with Crippen molar-refractivity contribution < 1.29 is 23.8 Å². The first-order chi connectivity index (χ1) is 17.1. The number of carbonyl (C=O) groups is 2. The fraction of sp³-hybridized carbons (Fsp3) is 0.286. The quantitative estimate of drug-likeness (QED) is 0.491. The van der Waals surface area contributed by atoms with Crippen LogP contribution < -0.4 is 9.47 Å². The molecule has 0 aliphatic carbocycles. The number of amides is 1. The van der Waals surface area contributed by atoms with E-state index >= 15 is 0 Å². The molecule has 0 N–H and O–H groups in total. The molecule has 1 amide bonds. The number of fused-ring (bicyclic) bond motifs is 1. The summed E-state index contributed by atoms with van der Waals surface area (Å²) in [7, 11) is 0. The lowest BCUT2D eigenvalue weighted by Gasteiger charge is -2.34. The van der Waals surface area contributed by atoms with Gasteiger partial charge in [-0.1, -0.05) is 60.7 Å². The van der Waals surface area contributed by atoms with Gasteiger partial charge >= 0.3 is 5.97 Å². The first kappa shape index (κ1) is 22.9. The number of rotatable bonds is 7. The summed E-state index contributed by atoms with van der Waals surface area (Å²) >= 11 is 0. The molecule has 2 heterocycles. The molecule has 35 heavy (non-hydrogen) atoms. The number of hydrogen-bond donors (Lipinski definition) is 0. The Kier molecular flexibility index (Phi) is 6.95. The van der Waals surface area contributed by atoms with Gasteiger partial charge in [-0.3, -0.25) is 14.5 Å². The smallest absolute Gasteiger partial charge is 0.310 e. The Hall–Kier alpha value is -3.84. The predicted octanol–water partition coefficient (Wildman–Crippen LogP) is 3.51. The maximum atomic E-state index is 12.5. The van der Waals surface area contributed by atoms with E-state index in [1.165, 1.54) is 0 Å². The van der Waals surface area contributed by atoms with Gasteiger partial charge < -0.3 is 19.1 Å². The zero-order chi connectivity index (χ0) is 24.0. The van der Waals surface area contributed by atoms with Crippen molar-refractivity contribution in [3.8, 4) is 22.6 Å². The van der Waals surface area contributed by atoms with Gasteiger partial charge in [-0.15, -0.1) is 0 Å². The summed E-state index contributed by atoms with van der Waals surface area (Å²) in [5.41, 5.74) is 4.23. The second-order valence-electron chi connectivity index (χ2n) is 8.74. The van der Waals surface area contributed by atoms with Crippen LogP contribution in [0, 0.1) is 0 Å². The highest BCUT2D eigenvalue weighted by Crippen LogP contribution is 2.32. The van der Waals surface area contributed by atoms with E-state index in [1.807, 2.05) is 72.8 Å². The lowest BCUT2D eigenvalue weighted by molar-refractivity contribution is -0.152. The number of piperazine rings is 1. The van der Waals surface area contributed by atoms with E-state index in [9.17, 15) is 9.59 Å². The number of benzene rings is 3. The summed E-state index contributed by atoms with van der Waals surface area (Å²) in [6.07, 6.45) is 0.145. The second-order valence-corrected chi connectivity index (χ2v) is 8.74. The minimum atomic E-state index is -0.396. The lowest BCUT2D eigenvalue weighted by Crippen LogP contribution is -2.49. The zero-order valence-electron chi connectivity index (χ0n) is 19.5. The summed E-state index contributed by atoms with van der Waals surface area (Å²) < 4.78 is 16.1. The van der Waals surface area contributed by atoms with Crippen molar-refractivity contribution in [3.05, 3.63) is 83.9 Å². The summed E-state index contributed by atoms with van der Waals surface area (Å²) in [5, 5.41) is 0. The normalized spacial score (nSPS) is 15.1. The van der Waals surface area contributed by atoms with Crippen molar-refractivity contribution in [2.75, 3.05) is 39.6 Å². The molecule has 0 atom stereocenters. The van der Waals surface area contributed by atoms with E-state index in [2.05, 4.69) is 4.90 Å². The number of esters is 1. The van der Waals surface area contributed by atoms with Crippen LogP contribution in [0.3, 0.4) is 0 Å². The molecule has 1 saturated heterocycles. The van der Waals surface area contributed by atoms with Gasteiger partial charge in [0.2, 0.25) is 6.79 Å². The summed E-state index contributed by atoms with van der Waals surface area (Å²) in [6.45, 7) is 3.60. The summed E-state index contributed by atoms with van der Waals surface area (Å²) in [4.78, 5) is 28.9. The van der Waals surface area contributed by atoms with Crippen LogP contribution >= 0.6 is 0 Å². The standard InChI is InChI=1S/C28H28N2O5/c31-27(19-33-28(32)17-21-6-9-24(10-7-21)23-4-2-1-3-5-23)30-14-12-29(13-15-30)18-22-8-11-25-26(16-22)35-20-34-25/h1-11,16H,12-15,17-20H2. The number of carbonyl (C=O) groups excluding carboxylic acids is 2. The number of ether oxygens (including phenoxy) is 3. The van der Waals surface area contributed by atoms with Gasteiger partial charge in [0.15, 0.2) is 18.1 Å². The summed E-state index contributed by atoms with van der Waals surface area (Å²) in [5.74, 6) is 1.01. The average Bonchev–Trinajstić information content (AvgIpc) is 3.37. The molecule has 0 bridgehead atoms. The van der Waals surface area contributed by atoms with Crippen LogP contribution in [0.4, 0.5) is 0 Å². The van der Waals surface area contributed by atoms with Crippen LogP contribution in [0.1, 0.15) is 11.1 Å². The molecule has 0 saturated carbocycles. The molecular formula is C28H28N2O5. The van der Waals surface area contributed by atoms with Crippen molar-refractivity contribution >= 4 is 11.9 Å². The highest BCUT2D eigenvalue weighted by molar-refractivity contribution is 5.81. The van der Waals surface area contributed by atoms with E-state index < -0.39 is 5.97 Å². The molecule has 5 rings (SSSR count). The highest BCUT2D eigenvalue weighted by Gasteiger charge is 2.23. The Morgan fingerprint density at radius 1 is 0.771 bits per heavy atom. The molecule has 0 spiro atoms. The van der Waals surface area contributed by atoms with Crippen LogP contribution in [-0.2, 0) is 27.3 Å². The molecule has 2 aliphatic heterocycles. The van der Waals surface area contributed by atoms with Crippen molar-refractivity contribution in [2.45, 2.75) is 13.0 Å². The minimum absolute atomic E-state index is 0.145. The summed E-state index contributed by atoms with van der Waals surface area (Å²) in [6, 6.07) is 23.9. The molecule has 7 nitrogen and oxygen atoms in total. The van der Waals surface area contributed by atoms with Gasteiger partial charge in [-0.25, -0.2) is 0 Å². The van der Waals surface area contributed by atoms with Crippen molar-refractivity contribution in [1.29, 1.82) is 0 Å². The fourth-order valence-corrected chi connectivity index (χ4v) is 4.35. The molecule has 0 radical (unpaired) electrons. The monoisotopic (exact) mass is 472 g/mol. The van der Waals surface area contributed by atoms with Gasteiger partial charge in [0.05, 0.1) is 6.42 Å². The maximum absolute atomic E-state index is 12.5. The van der Waals surface area contributed by atoms with Crippen molar-refractivity contribution in [1.82, 2.24) is 9.80 Å². The molecule has 3 aromatic carbocycles. The van der Waals surface area contributed by atoms with Crippen LogP contribution in [0.2, 0.25) is 0 Å². The van der Waals surface area contributed by atoms with Crippen LogP contribution in [0.25, 0.3) is 11.1 Å². The van der Waals surface area contributed by atoms with Crippen LogP contribution in [0.15, 0.2) is 72.8 Å². The van der Waals surface area contributed by atoms with Crippen molar-refractivity contribution in [2.24, 2.45) is 0 Å².